The van der Waals surface area contributed by atoms with Gasteiger partial charge in [-0.2, -0.15) is 0 Å². The number of carbonyl (C=O) groups is 2. The van der Waals surface area contributed by atoms with Crippen LogP contribution in [-0.2, 0) is 15.3 Å². The second-order valence-corrected chi connectivity index (χ2v) is 7.43. The molecule has 0 atom stereocenters. The molecule has 1 N–H and O–H groups in total. The van der Waals surface area contributed by atoms with Crippen LogP contribution in [0.15, 0.2) is 40.9 Å². The maximum Gasteiger partial charge on any atom is 0.232 e. The van der Waals surface area contributed by atoms with E-state index in [9.17, 15) is 9.59 Å². The molecule has 138 valence electrons. The molecule has 1 fully saturated rings. The first-order valence-corrected chi connectivity index (χ1v) is 9.91. The Hall–Kier alpha value is -2.28. The zero-order valence-corrected chi connectivity index (χ0v) is 15.6. The predicted octanol–water partition coefficient (Wildman–Crippen LogP) is 3.09. The third-order valence-electron chi connectivity index (χ3n) is 4.43. The van der Waals surface area contributed by atoms with Gasteiger partial charge in [0.05, 0.1) is 5.75 Å². The number of nitrogens with zero attached hydrogens (tertiary/aromatic N) is 2. The molecule has 26 heavy (non-hydrogen) atoms. The monoisotopic (exact) mass is 373 g/mol. The van der Waals surface area contributed by atoms with Crippen molar-refractivity contribution in [2.45, 2.75) is 25.5 Å². The zero-order valence-electron chi connectivity index (χ0n) is 14.8. The molecule has 3 rings (SSSR count). The Morgan fingerprint density at radius 3 is 2.65 bits per heavy atom. The lowest BCUT2D eigenvalue weighted by Crippen LogP contribution is -2.42. The van der Waals surface area contributed by atoms with E-state index < -0.39 is 0 Å². The number of hydrogen-bond acceptors (Lipinski definition) is 5. The number of anilines is 1. The van der Waals surface area contributed by atoms with Gasteiger partial charge in [-0.15, -0.1) is 11.8 Å². The highest BCUT2D eigenvalue weighted by molar-refractivity contribution is 7.99. The molecule has 0 aliphatic carbocycles. The quantitative estimate of drug-likeness (QED) is 0.842. The van der Waals surface area contributed by atoms with Crippen molar-refractivity contribution in [2.75, 3.05) is 24.2 Å². The van der Waals surface area contributed by atoms with E-state index in [-0.39, 0.29) is 17.7 Å². The van der Waals surface area contributed by atoms with Gasteiger partial charge in [0, 0.05) is 30.8 Å². The molecule has 2 heterocycles. The molecule has 1 saturated heterocycles. The van der Waals surface area contributed by atoms with Crippen LogP contribution in [0.2, 0.25) is 0 Å². The highest BCUT2D eigenvalue weighted by Gasteiger charge is 2.27. The molecule has 0 radical (unpaired) electrons. The minimum Gasteiger partial charge on any atom is -0.360 e. The molecule has 0 unspecified atom stereocenters. The molecule has 0 bridgehead atoms. The number of rotatable bonds is 6. The van der Waals surface area contributed by atoms with E-state index in [4.69, 9.17) is 4.52 Å². The molecular formula is C19H23N3O3S. The number of thioether (sulfide) groups is 1. The Bertz CT molecular complexity index is 739. The molecule has 1 aliphatic rings. The van der Waals surface area contributed by atoms with Crippen LogP contribution in [-0.4, -0.2) is 40.7 Å². The van der Waals surface area contributed by atoms with Crippen molar-refractivity contribution in [3.63, 3.8) is 0 Å². The van der Waals surface area contributed by atoms with Gasteiger partial charge in [-0.25, -0.2) is 0 Å². The van der Waals surface area contributed by atoms with Gasteiger partial charge in [0.15, 0.2) is 5.82 Å². The van der Waals surface area contributed by atoms with Crippen LogP contribution in [0.4, 0.5) is 5.82 Å². The number of hydrogen-bond donors (Lipinski definition) is 1. The SMILES string of the molecule is Cc1cc(NC(=O)C2CCN(C(=O)CSCc3ccccc3)CC2)no1. The summed E-state index contributed by atoms with van der Waals surface area (Å²) in [6.45, 7) is 3.03. The molecule has 1 aromatic carbocycles. The summed E-state index contributed by atoms with van der Waals surface area (Å²) in [4.78, 5) is 26.5. The molecule has 1 aromatic heterocycles. The summed E-state index contributed by atoms with van der Waals surface area (Å²) in [6, 6.07) is 11.8. The second kappa shape index (κ2) is 8.89. The van der Waals surface area contributed by atoms with Crippen molar-refractivity contribution in [3.8, 4) is 0 Å². The summed E-state index contributed by atoms with van der Waals surface area (Å²) in [5, 5.41) is 6.56. The fourth-order valence-corrected chi connectivity index (χ4v) is 3.85. The van der Waals surface area contributed by atoms with Crippen molar-refractivity contribution in [3.05, 3.63) is 47.7 Å². The molecular weight excluding hydrogens is 350 g/mol. The van der Waals surface area contributed by atoms with E-state index in [0.717, 1.165) is 5.75 Å². The number of nitrogens with one attached hydrogen (secondary N) is 1. The normalized spacial score (nSPS) is 15.0. The summed E-state index contributed by atoms with van der Waals surface area (Å²) in [7, 11) is 0. The Labute approximate surface area is 157 Å². The van der Waals surface area contributed by atoms with E-state index >= 15 is 0 Å². The smallest absolute Gasteiger partial charge is 0.232 e. The fourth-order valence-electron chi connectivity index (χ4n) is 2.97. The van der Waals surface area contributed by atoms with Crippen molar-refractivity contribution >= 4 is 29.4 Å². The van der Waals surface area contributed by atoms with Gasteiger partial charge in [0.1, 0.15) is 5.76 Å². The minimum absolute atomic E-state index is 0.0520. The summed E-state index contributed by atoms with van der Waals surface area (Å²) >= 11 is 1.63. The second-order valence-electron chi connectivity index (χ2n) is 6.45. The number of aryl methyl sites for hydroxylation is 1. The van der Waals surface area contributed by atoms with Gasteiger partial charge in [-0.1, -0.05) is 35.5 Å². The number of piperidine rings is 1. The molecule has 1 aliphatic heterocycles. The number of amides is 2. The molecule has 2 aromatic rings. The van der Waals surface area contributed by atoms with E-state index in [2.05, 4.69) is 22.6 Å². The van der Waals surface area contributed by atoms with Crippen molar-refractivity contribution in [1.82, 2.24) is 10.1 Å². The van der Waals surface area contributed by atoms with Crippen LogP contribution in [0.3, 0.4) is 0 Å². The Morgan fingerprint density at radius 1 is 1.27 bits per heavy atom. The maximum atomic E-state index is 12.3. The minimum atomic E-state index is -0.0898. The van der Waals surface area contributed by atoms with Crippen LogP contribution in [0.5, 0.6) is 0 Å². The highest BCUT2D eigenvalue weighted by atomic mass is 32.2. The Balaban J connectivity index is 1.38. The number of benzene rings is 1. The van der Waals surface area contributed by atoms with Crippen LogP contribution in [0.1, 0.15) is 24.2 Å². The van der Waals surface area contributed by atoms with Gasteiger partial charge in [-0.3, -0.25) is 9.59 Å². The third-order valence-corrected chi connectivity index (χ3v) is 5.42. The van der Waals surface area contributed by atoms with Gasteiger partial charge in [0.2, 0.25) is 11.8 Å². The Morgan fingerprint density at radius 2 is 2.00 bits per heavy atom. The first-order valence-electron chi connectivity index (χ1n) is 8.75. The average Bonchev–Trinajstić information content (AvgIpc) is 3.07. The summed E-state index contributed by atoms with van der Waals surface area (Å²) in [5.41, 5.74) is 1.23. The largest absolute Gasteiger partial charge is 0.360 e. The zero-order chi connectivity index (χ0) is 18.4. The number of aromatic nitrogens is 1. The van der Waals surface area contributed by atoms with Crippen LogP contribution in [0, 0.1) is 12.8 Å². The van der Waals surface area contributed by atoms with E-state index in [0.29, 0.717) is 43.3 Å². The van der Waals surface area contributed by atoms with Crippen LogP contribution < -0.4 is 5.32 Å². The van der Waals surface area contributed by atoms with Gasteiger partial charge in [0.25, 0.3) is 0 Å². The van der Waals surface area contributed by atoms with Crippen molar-refractivity contribution in [1.29, 1.82) is 0 Å². The summed E-state index contributed by atoms with van der Waals surface area (Å²) in [5.74, 6) is 2.43. The lowest BCUT2D eigenvalue weighted by molar-refractivity contribution is -0.132. The van der Waals surface area contributed by atoms with E-state index in [1.807, 2.05) is 23.1 Å². The van der Waals surface area contributed by atoms with Gasteiger partial charge < -0.3 is 14.7 Å². The standard InChI is InChI=1S/C19H23N3O3S/c1-14-11-17(21-25-14)20-19(24)16-7-9-22(10-8-16)18(23)13-26-12-15-5-3-2-4-6-15/h2-6,11,16H,7-10,12-13H2,1H3,(H,20,21,24). The molecule has 6 nitrogen and oxygen atoms in total. The highest BCUT2D eigenvalue weighted by Crippen LogP contribution is 2.21. The molecule has 0 spiro atoms. The number of carbonyl (C=O) groups excluding carboxylic acids is 2. The van der Waals surface area contributed by atoms with Crippen molar-refractivity contribution in [2.24, 2.45) is 5.92 Å². The van der Waals surface area contributed by atoms with Gasteiger partial charge in [-0.05, 0) is 25.3 Å². The van der Waals surface area contributed by atoms with Gasteiger partial charge >= 0.3 is 0 Å². The average molecular weight is 373 g/mol. The third kappa shape index (κ3) is 5.11. The lowest BCUT2D eigenvalue weighted by atomic mass is 9.96. The van der Waals surface area contributed by atoms with E-state index in [1.165, 1.54) is 5.56 Å². The lowest BCUT2D eigenvalue weighted by Gasteiger charge is -2.31. The van der Waals surface area contributed by atoms with E-state index in [1.54, 1.807) is 24.8 Å². The maximum absolute atomic E-state index is 12.3. The first-order chi connectivity index (χ1) is 12.6. The fraction of sp³-hybridized carbons (Fsp3) is 0.421. The first kappa shape index (κ1) is 18.5. The summed E-state index contributed by atoms with van der Waals surface area (Å²) < 4.78 is 4.95. The number of likely N-dealkylation sites (tertiary alicyclic amines) is 1. The summed E-state index contributed by atoms with van der Waals surface area (Å²) in [6.07, 6.45) is 1.36. The molecule has 0 saturated carbocycles. The molecule has 7 heteroatoms. The molecule has 2 amide bonds. The Kier molecular flexibility index (Phi) is 6.33. The van der Waals surface area contributed by atoms with Crippen LogP contribution >= 0.6 is 11.8 Å². The van der Waals surface area contributed by atoms with Crippen LogP contribution in [0.25, 0.3) is 0 Å². The topological polar surface area (TPSA) is 75.4 Å². The van der Waals surface area contributed by atoms with Crippen molar-refractivity contribution < 1.29 is 14.1 Å². The predicted molar refractivity (Wildman–Crippen MR) is 102 cm³/mol.